The minimum atomic E-state index is -0.775. The molecular formula is C29H33F2N7O3. The average molecular weight is 566 g/mol. The summed E-state index contributed by atoms with van der Waals surface area (Å²) in [7, 11) is 3.25. The molecule has 1 aliphatic heterocycles. The predicted octanol–water partition coefficient (Wildman–Crippen LogP) is 3.83. The van der Waals surface area contributed by atoms with Crippen molar-refractivity contribution in [3.63, 3.8) is 0 Å². The molecule has 2 aromatic carbocycles. The summed E-state index contributed by atoms with van der Waals surface area (Å²) in [5, 5.41) is 11.4. The molecule has 3 N–H and O–H groups in total. The number of amides is 2. The number of primary amides is 1. The van der Waals surface area contributed by atoms with Gasteiger partial charge in [0, 0.05) is 38.9 Å². The molecule has 12 heteroatoms. The number of rotatable bonds is 7. The molecule has 1 aliphatic rings. The van der Waals surface area contributed by atoms with Gasteiger partial charge in [-0.2, -0.15) is 10.2 Å². The second kappa shape index (κ2) is 13.3. The normalized spacial score (nSPS) is 14.9. The molecule has 1 unspecified atom stereocenters. The maximum absolute atomic E-state index is 13.1. The van der Waals surface area contributed by atoms with Crippen LogP contribution in [0, 0.1) is 18.6 Å². The first-order chi connectivity index (χ1) is 19.7. The number of urea groups is 1. The van der Waals surface area contributed by atoms with E-state index in [1.165, 1.54) is 22.9 Å². The van der Waals surface area contributed by atoms with Gasteiger partial charge in [0.2, 0.25) is 0 Å². The lowest BCUT2D eigenvalue weighted by Crippen LogP contribution is -2.24. The molecule has 3 heterocycles. The summed E-state index contributed by atoms with van der Waals surface area (Å²) in [6.07, 6.45) is 0.995. The van der Waals surface area contributed by atoms with Crippen molar-refractivity contribution < 1.29 is 18.3 Å². The molecule has 5 rings (SSSR count). The topological polar surface area (TPSA) is 120 Å². The highest BCUT2D eigenvalue weighted by Crippen LogP contribution is 2.29. The molecule has 216 valence electrons. The van der Waals surface area contributed by atoms with E-state index in [1.807, 2.05) is 30.3 Å². The van der Waals surface area contributed by atoms with Crippen LogP contribution in [0.1, 0.15) is 23.5 Å². The molecule has 0 saturated carbocycles. The number of benzene rings is 2. The van der Waals surface area contributed by atoms with Gasteiger partial charge in [-0.1, -0.05) is 24.3 Å². The summed E-state index contributed by atoms with van der Waals surface area (Å²) in [4.78, 5) is 25.2. The Hall–Kier alpha value is -4.42. The van der Waals surface area contributed by atoms with Gasteiger partial charge in [-0.25, -0.2) is 22.9 Å². The molecule has 2 amide bonds. The number of likely N-dealkylation sites (tertiary alicyclic amines) is 1. The Labute approximate surface area is 236 Å². The number of methoxy groups -OCH3 is 1. The Kier molecular flexibility index (Phi) is 9.58. The highest BCUT2D eigenvalue weighted by molar-refractivity contribution is 5.89. The van der Waals surface area contributed by atoms with Crippen molar-refractivity contribution in [1.29, 1.82) is 0 Å². The van der Waals surface area contributed by atoms with Crippen LogP contribution in [0.15, 0.2) is 65.5 Å². The standard InChI is InChI=1S/C16H16N6O2.C13H17F2NO/c1-10-14(12-8-9-13(23)21(2)19-12)20-22(15(10)18-16(17)24)11-6-4-3-5-7-11;1-17-7-6-16-5-4-11(9-16)10-2-3-12(14)13(15)8-10/h3-9H,1-2H3,(H3,17,18,24);2-3,8,11H,4-7,9H2,1H3. The van der Waals surface area contributed by atoms with Crippen LogP contribution in [0.5, 0.6) is 0 Å². The summed E-state index contributed by atoms with van der Waals surface area (Å²) < 4.78 is 33.8. The van der Waals surface area contributed by atoms with Crippen LogP contribution in [0.3, 0.4) is 0 Å². The summed E-state index contributed by atoms with van der Waals surface area (Å²) in [5.74, 6) is -0.762. The van der Waals surface area contributed by atoms with E-state index >= 15 is 0 Å². The molecule has 10 nitrogen and oxygen atoms in total. The van der Waals surface area contributed by atoms with Crippen molar-refractivity contribution >= 4 is 11.8 Å². The zero-order valence-electron chi connectivity index (χ0n) is 23.2. The van der Waals surface area contributed by atoms with E-state index in [0.717, 1.165) is 37.3 Å². The van der Waals surface area contributed by atoms with Gasteiger partial charge in [-0.05, 0) is 61.7 Å². The highest BCUT2D eigenvalue weighted by Gasteiger charge is 2.24. The number of nitrogens with one attached hydrogen (secondary N) is 1. The Balaban J connectivity index is 0.000000201. The fourth-order valence-corrected chi connectivity index (χ4v) is 4.68. The van der Waals surface area contributed by atoms with Crippen molar-refractivity contribution in [3.8, 4) is 17.1 Å². The minimum absolute atomic E-state index is 0.214. The molecule has 1 fully saturated rings. The number of hydrogen-bond acceptors (Lipinski definition) is 6. The van der Waals surface area contributed by atoms with Crippen molar-refractivity contribution in [1.82, 2.24) is 24.5 Å². The Bertz CT molecular complexity index is 1560. The Morgan fingerprint density at radius 2 is 1.85 bits per heavy atom. The molecule has 4 aromatic rings. The molecule has 0 radical (unpaired) electrons. The Morgan fingerprint density at radius 3 is 2.51 bits per heavy atom. The van der Waals surface area contributed by atoms with E-state index in [-0.39, 0.29) is 5.56 Å². The van der Waals surface area contributed by atoms with Gasteiger partial charge in [-0.15, -0.1) is 0 Å². The van der Waals surface area contributed by atoms with E-state index in [9.17, 15) is 18.4 Å². The first kappa shape index (κ1) is 29.6. The largest absolute Gasteiger partial charge is 0.383 e. The quantitative estimate of drug-likeness (QED) is 0.352. The SMILES string of the molecule is COCCN1CCC(c2ccc(F)c(F)c2)C1.Cc1c(-c2ccc(=O)n(C)n2)nn(-c2ccccc2)c1NC(N)=O. The summed E-state index contributed by atoms with van der Waals surface area (Å²) in [6, 6.07) is 15.9. The van der Waals surface area contributed by atoms with Gasteiger partial charge in [0.1, 0.15) is 17.2 Å². The number of aryl methyl sites for hydroxylation is 1. The second-order valence-electron chi connectivity index (χ2n) is 9.69. The second-order valence-corrected chi connectivity index (χ2v) is 9.69. The van der Waals surface area contributed by atoms with E-state index in [1.54, 1.807) is 37.9 Å². The van der Waals surface area contributed by atoms with Crippen LogP contribution < -0.4 is 16.6 Å². The van der Waals surface area contributed by atoms with Crippen molar-refractivity contribution in [2.75, 3.05) is 38.7 Å². The number of hydrogen-bond donors (Lipinski definition) is 2. The average Bonchev–Trinajstić information content (AvgIpc) is 3.56. The van der Waals surface area contributed by atoms with Gasteiger partial charge in [-0.3, -0.25) is 10.1 Å². The fraction of sp³-hybridized carbons (Fsp3) is 0.310. The van der Waals surface area contributed by atoms with Crippen LogP contribution >= 0.6 is 0 Å². The van der Waals surface area contributed by atoms with Crippen LogP contribution in [0.2, 0.25) is 0 Å². The number of para-hydroxylation sites is 1. The molecule has 1 atom stereocenters. The van der Waals surface area contributed by atoms with E-state index in [2.05, 4.69) is 20.4 Å². The molecule has 41 heavy (non-hydrogen) atoms. The van der Waals surface area contributed by atoms with Crippen LogP contribution in [-0.4, -0.2) is 63.8 Å². The minimum Gasteiger partial charge on any atom is -0.383 e. The van der Waals surface area contributed by atoms with E-state index in [4.69, 9.17) is 10.5 Å². The third-order valence-corrected chi connectivity index (χ3v) is 6.87. The maximum Gasteiger partial charge on any atom is 0.317 e. The van der Waals surface area contributed by atoms with Crippen molar-refractivity contribution in [2.24, 2.45) is 12.8 Å². The smallest absolute Gasteiger partial charge is 0.317 e. The molecular weight excluding hydrogens is 532 g/mol. The number of carbonyl (C=O) groups excluding carboxylic acids is 1. The van der Waals surface area contributed by atoms with Gasteiger partial charge in [0.25, 0.3) is 5.56 Å². The molecule has 2 aromatic heterocycles. The number of ether oxygens (including phenoxy) is 1. The predicted molar refractivity (Wildman–Crippen MR) is 152 cm³/mol. The van der Waals surface area contributed by atoms with Gasteiger partial charge < -0.3 is 15.4 Å². The summed E-state index contributed by atoms with van der Waals surface area (Å²) in [6.45, 7) is 5.31. The summed E-state index contributed by atoms with van der Waals surface area (Å²) >= 11 is 0. The van der Waals surface area contributed by atoms with Crippen LogP contribution in [0.25, 0.3) is 17.1 Å². The zero-order chi connectivity index (χ0) is 29.5. The number of nitrogens with two attached hydrogens (primary N) is 1. The third kappa shape index (κ3) is 7.21. The fourth-order valence-electron chi connectivity index (χ4n) is 4.68. The molecule has 0 spiro atoms. The number of halogens is 2. The number of nitrogens with zero attached hydrogens (tertiary/aromatic N) is 5. The highest BCUT2D eigenvalue weighted by atomic mass is 19.2. The van der Waals surface area contributed by atoms with Crippen molar-refractivity contribution in [3.05, 3.63) is 93.8 Å². The number of anilines is 1. The van der Waals surface area contributed by atoms with Gasteiger partial charge in [0.15, 0.2) is 11.6 Å². The third-order valence-electron chi connectivity index (χ3n) is 6.87. The van der Waals surface area contributed by atoms with Gasteiger partial charge >= 0.3 is 6.03 Å². The Morgan fingerprint density at radius 1 is 1.10 bits per heavy atom. The first-order valence-electron chi connectivity index (χ1n) is 13.1. The van der Waals surface area contributed by atoms with Crippen molar-refractivity contribution in [2.45, 2.75) is 19.3 Å². The summed E-state index contributed by atoms with van der Waals surface area (Å²) in [5.41, 5.74) is 8.50. The lowest BCUT2D eigenvalue weighted by molar-refractivity contribution is 0.160. The molecule has 0 aliphatic carbocycles. The van der Waals surface area contributed by atoms with Crippen LogP contribution in [0.4, 0.5) is 19.4 Å². The van der Waals surface area contributed by atoms with E-state index < -0.39 is 17.7 Å². The lowest BCUT2D eigenvalue weighted by Gasteiger charge is -2.15. The first-order valence-corrected chi connectivity index (χ1v) is 13.1. The number of carbonyl (C=O) groups is 1. The van der Waals surface area contributed by atoms with E-state index in [0.29, 0.717) is 35.3 Å². The molecule has 1 saturated heterocycles. The van der Waals surface area contributed by atoms with Crippen LogP contribution in [-0.2, 0) is 11.8 Å². The monoisotopic (exact) mass is 565 g/mol. The molecule has 0 bridgehead atoms. The maximum atomic E-state index is 13.1. The number of aromatic nitrogens is 4. The zero-order valence-corrected chi connectivity index (χ0v) is 23.2. The van der Waals surface area contributed by atoms with Gasteiger partial charge in [0.05, 0.1) is 12.3 Å². The lowest BCUT2D eigenvalue weighted by atomic mass is 9.98.